The number of nitrogens with zero attached hydrogens (tertiary/aromatic N) is 2. The van der Waals surface area contributed by atoms with Gasteiger partial charge in [-0.2, -0.15) is 0 Å². The number of ether oxygens (including phenoxy) is 1. The Balaban J connectivity index is 1.92. The van der Waals surface area contributed by atoms with Crippen molar-refractivity contribution in [2.75, 3.05) is 13.6 Å². The highest BCUT2D eigenvalue weighted by molar-refractivity contribution is 5.34. The van der Waals surface area contributed by atoms with E-state index in [2.05, 4.69) is 37.9 Å². The van der Waals surface area contributed by atoms with Crippen LogP contribution >= 0.6 is 0 Å². The van der Waals surface area contributed by atoms with Gasteiger partial charge in [-0.25, -0.2) is 0 Å². The minimum absolute atomic E-state index is 0.0838. The van der Waals surface area contributed by atoms with Crippen LogP contribution in [0, 0.1) is 10.1 Å². The Hall–Kier alpha value is -2.40. The van der Waals surface area contributed by atoms with Gasteiger partial charge in [0.1, 0.15) is 12.4 Å². The van der Waals surface area contributed by atoms with Crippen LogP contribution in [0.2, 0.25) is 0 Å². The summed E-state index contributed by atoms with van der Waals surface area (Å²) in [5.41, 5.74) is 2.14. The van der Waals surface area contributed by atoms with E-state index in [0.29, 0.717) is 12.6 Å². The Kier molecular flexibility index (Phi) is 6.32. The summed E-state index contributed by atoms with van der Waals surface area (Å²) in [6, 6.07) is 15.0. The quantitative estimate of drug-likeness (QED) is 0.542. The van der Waals surface area contributed by atoms with Gasteiger partial charge in [0.25, 0.3) is 5.69 Å². The molecule has 5 heteroatoms. The molecule has 0 heterocycles. The highest BCUT2D eigenvalue weighted by Gasteiger charge is 2.09. The molecule has 0 bridgehead atoms. The Morgan fingerprint density at radius 1 is 1.17 bits per heavy atom. The van der Waals surface area contributed by atoms with Crippen LogP contribution in [0.25, 0.3) is 0 Å². The van der Waals surface area contributed by atoms with Gasteiger partial charge in [0.05, 0.1) is 4.92 Å². The lowest BCUT2D eigenvalue weighted by atomic mass is 10.1. The molecule has 0 N–H and O–H groups in total. The highest BCUT2D eigenvalue weighted by Crippen LogP contribution is 2.18. The first-order chi connectivity index (χ1) is 11.5. The van der Waals surface area contributed by atoms with Gasteiger partial charge in [-0.05, 0) is 50.2 Å². The van der Waals surface area contributed by atoms with E-state index in [1.165, 1.54) is 17.7 Å². The maximum absolute atomic E-state index is 10.8. The van der Waals surface area contributed by atoms with Gasteiger partial charge in [-0.15, -0.1) is 0 Å². The van der Waals surface area contributed by atoms with E-state index in [1.807, 2.05) is 18.2 Å². The van der Waals surface area contributed by atoms with Crippen molar-refractivity contribution in [3.63, 3.8) is 0 Å². The second kappa shape index (κ2) is 8.45. The van der Waals surface area contributed by atoms with Crippen LogP contribution in [0.5, 0.6) is 5.75 Å². The number of nitro groups is 1. The van der Waals surface area contributed by atoms with E-state index in [1.54, 1.807) is 6.07 Å². The first-order valence-corrected chi connectivity index (χ1v) is 8.15. The van der Waals surface area contributed by atoms with Gasteiger partial charge in [-0.3, -0.25) is 10.1 Å². The zero-order valence-corrected chi connectivity index (χ0v) is 14.4. The molecule has 0 saturated carbocycles. The Labute approximate surface area is 143 Å². The number of hydrogen-bond donors (Lipinski definition) is 0. The summed E-state index contributed by atoms with van der Waals surface area (Å²) >= 11 is 0. The van der Waals surface area contributed by atoms with E-state index < -0.39 is 4.92 Å². The van der Waals surface area contributed by atoms with Crippen LogP contribution in [0.15, 0.2) is 48.5 Å². The van der Waals surface area contributed by atoms with Crippen molar-refractivity contribution in [2.45, 2.75) is 32.9 Å². The topological polar surface area (TPSA) is 55.6 Å². The van der Waals surface area contributed by atoms with Crippen molar-refractivity contribution in [3.05, 3.63) is 69.8 Å². The smallest absolute Gasteiger partial charge is 0.269 e. The summed E-state index contributed by atoms with van der Waals surface area (Å²) in [5.74, 6) is 0.766. The molecule has 0 unspecified atom stereocenters. The van der Waals surface area contributed by atoms with Crippen molar-refractivity contribution >= 4 is 5.69 Å². The van der Waals surface area contributed by atoms with Crippen molar-refractivity contribution < 1.29 is 9.66 Å². The predicted octanol–water partition coefficient (Wildman–Crippen LogP) is 4.06. The highest BCUT2D eigenvalue weighted by atomic mass is 16.6. The van der Waals surface area contributed by atoms with Gasteiger partial charge < -0.3 is 9.64 Å². The average Bonchev–Trinajstić information content (AvgIpc) is 2.60. The predicted molar refractivity (Wildman–Crippen MR) is 95.3 cm³/mol. The molecule has 0 saturated heterocycles. The molecule has 0 fully saturated rings. The maximum Gasteiger partial charge on any atom is 0.269 e. The van der Waals surface area contributed by atoms with Crippen molar-refractivity contribution in [3.8, 4) is 5.75 Å². The average molecular weight is 328 g/mol. The molecule has 0 aliphatic heterocycles. The number of likely N-dealkylation sites (N-methyl/N-ethyl adjacent to an activating group) is 1. The summed E-state index contributed by atoms with van der Waals surface area (Å²) < 4.78 is 5.72. The lowest BCUT2D eigenvalue weighted by Gasteiger charge is -2.23. The fraction of sp³-hybridized carbons (Fsp3) is 0.368. The molecule has 24 heavy (non-hydrogen) atoms. The van der Waals surface area contributed by atoms with Crippen LogP contribution in [-0.2, 0) is 13.0 Å². The van der Waals surface area contributed by atoms with E-state index >= 15 is 0 Å². The van der Waals surface area contributed by atoms with E-state index in [4.69, 9.17) is 4.74 Å². The van der Waals surface area contributed by atoms with Crippen molar-refractivity contribution in [1.29, 1.82) is 0 Å². The summed E-state index contributed by atoms with van der Waals surface area (Å²) in [7, 11) is 2.13. The molecule has 2 aromatic carbocycles. The van der Waals surface area contributed by atoms with Gasteiger partial charge in [0.2, 0.25) is 0 Å². The number of hydrogen-bond acceptors (Lipinski definition) is 4. The molecular formula is C19H24N2O3. The molecule has 0 aromatic heterocycles. The molecule has 0 aliphatic rings. The summed E-state index contributed by atoms with van der Waals surface area (Å²) in [6.45, 7) is 5.72. The molecule has 0 radical (unpaired) electrons. The summed E-state index contributed by atoms with van der Waals surface area (Å²) in [5, 5.41) is 10.8. The van der Waals surface area contributed by atoms with Crippen LogP contribution < -0.4 is 4.74 Å². The maximum atomic E-state index is 10.8. The third-order valence-electron chi connectivity index (χ3n) is 4.23. The minimum Gasteiger partial charge on any atom is -0.489 e. The van der Waals surface area contributed by atoms with Crippen LogP contribution in [0.3, 0.4) is 0 Å². The fourth-order valence-corrected chi connectivity index (χ4v) is 2.46. The Morgan fingerprint density at radius 3 is 2.50 bits per heavy atom. The SMILES string of the molecule is CCN(C)[C@H](C)Cc1ccc(OCc2cccc([N+](=O)[O-])c2)cc1. The Bertz CT molecular complexity index is 671. The number of rotatable bonds is 8. The monoisotopic (exact) mass is 328 g/mol. The third-order valence-corrected chi connectivity index (χ3v) is 4.23. The normalized spacial score (nSPS) is 12.2. The molecule has 1 atom stereocenters. The second-order valence-corrected chi connectivity index (χ2v) is 5.99. The lowest BCUT2D eigenvalue weighted by Crippen LogP contribution is -2.30. The van der Waals surface area contributed by atoms with Gasteiger partial charge in [0.15, 0.2) is 0 Å². The molecule has 0 spiro atoms. The Morgan fingerprint density at radius 2 is 1.88 bits per heavy atom. The summed E-state index contributed by atoms with van der Waals surface area (Å²) in [4.78, 5) is 12.7. The molecule has 0 amide bonds. The molecule has 5 nitrogen and oxygen atoms in total. The third kappa shape index (κ3) is 5.06. The molecular weight excluding hydrogens is 304 g/mol. The van der Waals surface area contributed by atoms with Crippen LogP contribution in [0.1, 0.15) is 25.0 Å². The zero-order chi connectivity index (χ0) is 17.5. The van der Waals surface area contributed by atoms with Gasteiger partial charge >= 0.3 is 0 Å². The standard InChI is InChI=1S/C19H24N2O3/c1-4-20(3)15(2)12-16-8-10-19(11-9-16)24-14-17-6-5-7-18(13-17)21(22)23/h5-11,13,15H,4,12,14H2,1-3H3/t15-/m1/s1. The van der Waals surface area contributed by atoms with Crippen molar-refractivity contribution in [1.82, 2.24) is 4.90 Å². The largest absolute Gasteiger partial charge is 0.489 e. The zero-order valence-electron chi connectivity index (χ0n) is 14.4. The minimum atomic E-state index is -0.396. The summed E-state index contributed by atoms with van der Waals surface area (Å²) in [6.07, 6.45) is 0.996. The number of benzene rings is 2. The van der Waals surface area contributed by atoms with Gasteiger partial charge in [-0.1, -0.05) is 31.2 Å². The number of nitro benzene ring substituents is 1. The molecule has 2 rings (SSSR count). The molecule has 2 aromatic rings. The van der Waals surface area contributed by atoms with E-state index in [-0.39, 0.29) is 5.69 Å². The molecule has 0 aliphatic carbocycles. The van der Waals surface area contributed by atoms with Crippen molar-refractivity contribution in [2.24, 2.45) is 0 Å². The van der Waals surface area contributed by atoms with E-state index in [0.717, 1.165) is 24.3 Å². The lowest BCUT2D eigenvalue weighted by molar-refractivity contribution is -0.384. The first-order valence-electron chi connectivity index (χ1n) is 8.15. The molecule has 128 valence electrons. The second-order valence-electron chi connectivity index (χ2n) is 5.99. The van der Waals surface area contributed by atoms with Gasteiger partial charge in [0, 0.05) is 18.2 Å². The van der Waals surface area contributed by atoms with Crippen LogP contribution in [0.4, 0.5) is 5.69 Å². The first kappa shape index (κ1) is 17.9. The van der Waals surface area contributed by atoms with E-state index in [9.17, 15) is 10.1 Å². The number of non-ortho nitro benzene ring substituents is 1. The van der Waals surface area contributed by atoms with Crippen LogP contribution in [-0.4, -0.2) is 29.5 Å². The fourth-order valence-electron chi connectivity index (χ4n) is 2.46.